The topological polar surface area (TPSA) is 9.23 Å². The molecular formula is C15H16O. The number of ether oxygens (including phenoxy) is 1. The van der Waals surface area contributed by atoms with E-state index in [1.54, 1.807) is 7.11 Å². The number of fused-ring (bicyclic) bond motifs is 1. The molecule has 0 aromatic heterocycles. The number of rotatable bonds is 3. The molecule has 0 fully saturated rings. The lowest BCUT2D eigenvalue weighted by molar-refractivity contribution is 0.414. The van der Waals surface area contributed by atoms with E-state index in [0.717, 1.165) is 17.7 Å². The summed E-state index contributed by atoms with van der Waals surface area (Å²) in [4.78, 5) is 0. The van der Waals surface area contributed by atoms with E-state index in [1.807, 2.05) is 6.07 Å². The summed E-state index contributed by atoms with van der Waals surface area (Å²) in [5.74, 6) is 0.934. The molecule has 2 aromatic rings. The SMILES string of the molecule is CC/C=C\c1cc2ccccc2cc1OC. The predicted octanol–water partition coefficient (Wildman–Crippen LogP) is 4.27. The van der Waals surface area contributed by atoms with E-state index in [1.165, 1.54) is 10.8 Å². The van der Waals surface area contributed by atoms with Crippen LogP contribution in [0.4, 0.5) is 0 Å². The summed E-state index contributed by atoms with van der Waals surface area (Å²) in [5.41, 5.74) is 1.14. The van der Waals surface area contributed by atoms with Gasteiger partial charge in [0.25, 0.3) is 0 Å². The maximum Gasteiger partial charge on any atom is 0.126 e. The van der Waals surface area contributed by atoms with E-state index in [4.69, 9.17) is 4.74 Å². The van der Waals surface area contributed by atoms with Crippen molar-refractivity contribution >= 4 is 16.8 Å². The molecule has 0 spiro atoms. The minimum absolute atomic E-state index is 0.934. The van der Waals surface area contributed by atoms with Gasteiger partial charge in [-0.1, -0.05) is 43.3 Å². The van der Waals surface area contributed by atoms with Gasteiger partial charge in [0.1, 0.15) is 5.75 Å². The number of hydrogen-bond acceptors (Lipinski definition) is 1. The highest BCUT2D eigenvalue weighted by atomic mass is 16.5. The van der Waals surface area contributed by atoms with Crippen molar-refractivity contribution in [2.24, 2.45) is 0 Å². The normalized spacial score (nSPS) is 11.1. The molecule has 0 radical (unpaired) electrons. The fourth-order valence-corrected chi connectivity index (χ4v) is 1.79. The largest absolute Gasteiger partial charge is 0.496 e. The number of hydrogen-bond donors (Lipinski definition) is 0. The van der Waals surface area contributed by atoms with Crippen LogP contribution in [-0.2, 0) is 0 Å². The molecule has 0 heterocycles. The van der Waals surface area contributed by atoms with Gasteiger partial charge in [-0.3, -0.25) is 0 Å². The Hall–Kier alpha value is -1.76. The molecule has 0 N–H and O–H groups in total. The first-order valence-electron chi connectivity index (χ1n) is 5.58. The summed E-state index contributed by atoms with van der Waals surface area (Å²) in [7, 11) is 1.72. The van der Waals surface area contributed by atoms with Crippen molar-refractivity contribution < 1.29 is 4.74 Å². The Morgan fingerprint density at radius 2 is 1.81 bits per heavy atom. The molecule has 82 valence electrons. The van der Waals surface area contributed by atoms with Gasteiger partial charge in [-0.15, -0.1) is 0 Å². The smallest absolute Gasteiger partial charge is 0.126 e. The first kappa shape index (κ1) is 10.7. The van der Waals surface area contributed by atoms with Gasteiger partial charge in [0.2, 0.25) is 0 Å². The Labute approximate surface area is 96.4 Å². The monoisotopic (exact) mass is 212 g/mol. The Morgan fingerprint density at radius 3 is 2.44 bits per heavy atom. The molecule has 0 saturated heterocycles. The van der Waals surface area contributed by atoms with Gasteiger partial charge in [0, 0.05) is 5.56 Å². The number of methoxy groups -OCH3 is 1. The molecule has 0 aliphatic heterocycles. The summed E-state index contributed by atoms with van der Waals surface area (Å²) in [6.07, 6.45) is 5.30. The molecular weight excluding hydrogens is 196 g/mol. The van der Waals surface area contributed by atoms with Crippen molar-refractivity contribution in [1.82, 2.24) is 0 Å². The second-order valence-electron chi connectivity index (χ2n) is 3.75. The predicted molar refractivity (Wildman–Crippen MR) is 69.8 cm³/mol. The molecule has 2 rings (SSSR count). The van der Waals surface area contributed by atoms with Crippen LogP contribution in [0.5, 0.6) is 5.75 Å². The third kappa shape index (κ3) is 2.08. The van der Waals surface area contributed by atoms with E-state index in [0.29, 0.717) is 0 Å². The second kappa shape index (κ2) is 4.84. The first-order valence-corrected chi connectivity index (χ1v) is 5.58. The van der Waals surface area contributed by atoms with Crippen LogP contribution in [-0.4, -0.2) is 7.11 Å². The molecule has 1 nitrogen and oxygen atoms in total. The third-order valence-corrected chi connectivity index (χ3v) is 2.63. The Bertz CT molecular complexity index is 512. The highest BCUT2D eigenvalue weighted by molar-refractivity contribution is 5.87. The molecule has 0 aliphatic rings. The van der Waals surface area contributed by atoms with Crippen LogP contribution in [0.15, 0.2) is 42.5 Å². The zero-order valence-corrected chi connectivity index (χ0v) is 9.73. The van der Waals surface area contributed by atoms with Crippen molar-refractivity contribution in [2.75, 3.05) is 7.11 Å². The van der Waals surface area contributed by atoms with Crippen LogP contribution in [0, 0.1) is 0 Å². The molecule has 0 amide bonds. The minimum Gasteiger partial charge on any atom is -0.496 e. The minimum atomic E-state index is 0.934. The van der Waals surface area contributed by atoms with Gasteiger partial charge in [-0.25, -0.2) is 0 Å². The van der Waals surface area contributed by atoms with Crippen molar-refractivity contribution in [3.05, 3.63) is 48.0 Å². The summed E-state index contributed by atoms with van der Waals surface area (Å²) < 4.78 is 5.40. The van der Waals surface area contributed by atoms with Gasteiger partial charge in [0.05, 0.1) is 7.11 Å². The van der Waals surface area contributed by atoms with E-state index < -0.39 is 0 Å². The zero-order valence-electron chi connectivity index (χ0n) is 9.73. The standard InChI is InChI=1S/C15H16O/c1-3-4-7-14-10-12-8-5-6-9-13(12)11-15(14)16-2/h4-11H,3H2,1-2H3/b7-4-. The van der Waals surface area contributed by atoms with Crippen LogP contribution in [0.2, 0.25) is 0 Å². The quantitative estimate of drug-likeness (QED) is 0.738. The van der Waals surface area contributed by atoms with E-state index in [-0.39, 0.29) is 0 Å². The van der Waals surface area contributed by atoms with Crippen LogP contribution in [0.3, 0.4) is 0 Å². The lowest BCUT2D eigenvalue weighted by Crippen LogP contribution is -1.87. The number of allylic oxidation sites excluding steroid dienone is 1. The summed E-state index contributed by atoms with van der Waals surface area (Å²) in [6, 6.07) is 12.6. The molecule has 0 saturated carbocycles. The Morgan fingerprint density at radius 1 is 1.12 bits per heavy atom. The Balaban J connectivity index is 2.58. The molecule has 0 atom stereocenters. The van der Waals surface area contributed by atoms with Crippen LogP contribution >= 0.6 is 0 Å². The van der Waals surface area contributed by atoms with E-state index in [9.17, 15) is 0 Å². The third-order valence-electron chi connectivity index (χ3n) is 2.63. The van der Waals surface area contributed by atoms with Crippen LogP contribution in [0.25, 0.3) is 16.8 Å². The molecule has 0 unspecified atom stereocenters. The zero-order chi connectivity index (χ0) is 11.4. The van der Waals surface area contributed by atoms with Gasteiger partial charge >= 0.3 is 0 Å². The molecule has 0 aliphatic carbocycles. The molecule has 0 bridgehead atoms. The number of benzene rings is 2. The highest BCUT2D eigenvalue weighted by Crippen LogP contribution is 2.26. The summed E-state index contributed by atoms with van der Waals surface area (Å²) in [5, 5.41) is 2.46. The van der Waals surface area contributed by atoms with E-state index in [2.05, 4.69) is 49.4 Å². The lowest BCUT2D eigenvalue weighted by atomic mass is 10.1. The summed E-state index contributed by atoms with van der Waals surface area (Å²) >= 11 is 0. The van der Waals surface area contributed by atoms with Crippen molar-refractivity contribution in [1.29, 1.82) is 0 Å². The Kier molecular flexibility index (Phi) is 3.25. The van der Waals surface area contributed by atoms with Crippen LogP contribution < -0.4 is 4.74 Å². The maximum atomic E-state index is 5.40. The molecule has 16 heavy (non-hydrogen) atoms. The second-order valence-corrected chi connectivity index (χ2v) is 3.75. The van der Waals surface area contributed by atoms with Gasteiger partial charge in [-0.2, -0.15) is 0 Å². The van der Waals surface area contributed by atoms with Gasteiger partial charge in [-0.05, 0) is 29.3 Å². The van der Waals surface area contributed by atoms with Crippen LogP contribution in [0.1, 0.15) is 18.9 Å². The van der Waals surface area contributed by atoms with Crippen molar-refractivity contribution in [3.8, 4) is 5.75 Å². The average molecular weight is 212 g/mol. The van der Waals surface area contributed by atoms with Crippen molar-refractivity contribution in [2.45, 2.75) is 13.3 Å². The lowest BCUT2D eigenvalue weighted by Gasteiger charge is -2.07. The summed E-state index contributed by atoms with van der Waals surface area (Å²) in [6.45, 7) is 2.13. The van der Waals surface area contributed by atoms with E-state index >= 15 is 0 Å². The van der Waals surface area contributed by atoms with Crippen molar-refractivity contribution in [3.63, 3.8) is 0 Å². The fraction of sp³-hybridized carbons (Fsp3) is 0.200. The molecule has 1 heteroatoms. The van der Waals surface area contributed by atoms with Gasteiger partial charge in [0.15, 0.2) is 0 Å². The average Bonchev–Trinajstić information content (AvgIpc) is 2.35. The first-order chi connectivity index (χ1) is 7.85. The molecule has 2 aromatic carbocycles. The fourth-order valence-electron chi connectivity index (χ4n) is 1.79. The van der Waals surface area contributed by atoms with Gasteiger partial charge < -0.3 is 4.74 Å². The maximum absolute atomic E-state index is 5.40. The highest BCUT2D eigenvalue weighted by Gasteiger charge is 2.01.